The molecule has 3 aromatic rings. The van der Waals surface area contributed by atoms with E-state index in [0.717, 1.165) is 4.90 Å². The summed E-state index contributed by atoms with van der Waals surface area (Å²) in [5.41, 5.74) is 1.87. The van der Waals surface area contributed by atoms with Gasteiger partial charge in [-0.2, -0.15) is 0 Å². The third-order valence-electron chi connectivity index (χ3n) is 4.46. The molecular weight excluding hydrogens is 412 g/mol. The summed E-state index contributed by atoms with van der Waals surface area (Å²) in [5, 5.41) is 5.44. The molecule has 0 radical (unpaired) electrons. The Morgan fingerprint density at radius 2 is 1.45 bits per heavy atom. The highest BCUT2D eigenvalue weighted by molar-refractivity contribution is 8.00. The van der Waals surface area contributed by atoms with Crippen LogP contribution in [0.25, 0.3) is 0 Å². The summed E-state index contributed by atoms with van der Waals surface area (Å²) in [7, 11) is 3.16. The van der Waals surface area contributed by atoms with E-state index < -0.39 is 0 Å². The number of amides is 2. The predicted molar refractivity (Wildman–Crippen MR) is 124 cm³/mol. The molecule has 0 saturated heterocycles. The Bertz CT molecular complexity index is 1050. The van der Waals surface area contributed by atoms with Crippen LogP contribution in [0.2, 0.25) is 0 Å². The minimum atomic E-state index is -0.334. The van der Waals surface area contributed by atoms with E-state index in [1.165, 1.54) is 11.8 Å². The van der Waals surface area contributed by atoms with Crippen LogP contribution < -0.4 is 20.1 Å². The molecule has 6 nitrogen and oxygen atoms in total. The first-order chi connectivity index (χ1) is 15.0. The number of methoxy groups -OCH3 is 2. The number of anilines is 2. The van der Waals surface area contributed by atoms with Gasteiger partial charge in [0.1, 0.15) is 11.5 Å². The van der Waals surface area contributed by atoms with Gasteiger partial charge in [0.2, 0.25) is 5.91 Å². The fourth-order valence-corrected chi connectivity index (χ4v) is 3.72. The van der Waals surface area contributed by atoms with Gasteiger partial charge in [0.25, 0.3) is 5.91 Å². The van der Waals surface area contributed by atoms with Gasteiger partial charge in [-0.25, -0.2) is 0 Å². The second-order valence-corrected chi connectivity index (χ2v) is 8.11. The molecule has 0 aliphatic rings. The van der Waals surface area contributed by atoms with Gasteiger partial charge < -0.3 is 20.1 Å². The predicted octanol–water partition coefficient (Wildman–Crippen LogP) is 5.08. The highest BCUT2D eigenvalue weighted by Crippen LogP contribution is 2.27. The smallest absolute Gasteiger partial charge is 0.255 e. The molecule has 2 amide bonds. The molecule has 7 heteroatoms. The molecule has 0 aromatic heterocycles. The van der Waals surface area contributed by atoms with Crippen LogP contribution in [0.3, 0.4) is 0 Å². The third-order valence-corrected chi connectivity index (χ3v) is 5.56. The van der Waals surface area contributed by atoms with Crippen molar-refractivity contribution in [3.8, 4) is 11.5 Å². The monoisotopic (exact) mass is 436 g/mol. The Hall–Kier alpha value is -3.45. The second kappa shape index (κ2) is 10.5. The van der Waals surface area contributed by atoms with Crippen molar-refractivity contribution in [1.82, 2.24) is 0 Å². The van der Waals surface area contributed by atoms with Gasteiger partial charge in [0, 0.05) is 27.9 Å². The van der Waals surface area contributed by atoms with Crippen molar-refractivity contribution in [2.75, 3.05) is 24.9 Å². The number of hydrogen-bond donors (Lipinski definition) is 2. The topological polar surface area (TPSA) is 76.7 Å². The van der Waals surface area contributed by atoms with Gasteiger partial charge in [0.15, 0.2) is 0 Å². The lowest BCUT2D eigenvalue weighted by Gasteiger charge is -2.13. The Balaban J connectivity index is 1.61. The molecule has 3 rings (SSSR count). The van der Waals surface area contributed by atoms with Crippen LogP contribution in [0.5, 0.6) is 11.5 Å². The van der Waals surface area contributed by atoms with Crippen LogP contribution in [0, 0.1) is 0 Å². The number of ether oxygens (including phenoxy) is 2. The third kappa shape index (κ3) is 6.26. The van der Waals surface area contributed by atoms with Gasteiger partial charge in [-0.05, 0) is 61.5 Å². The van der Waals surface area contributed by atoms with Crippen molar-refractivity contribution in [3.05, 3.63) is 78.4 Å². The average Bonchev–Trinajstić information content (AvgIpc) is 2.79. The highest BCUT2D eigenvalue weighted by Gasteiger charge is 2.15. The highest BCUT2D eigenvalue weighted by atomic mass is 32.2. The maximum atomic E-state index is 12.6. The summed E-state index contributed by atoms with van der Waals surface area (Å²) >= 11 is 1.41. The second-order valence-electron chi connectivity index (χ2n) is 6.69. The van der Waals surface area contributed by atoms with E-state index >= 15 is 0 Å². The van der Waals surface area contributed by atoms with Gasteiger partial charge >= 0.3 is 0 Å². The fraction of sp³-hybridized carbons (Fsp3) is 0.167. The maximum Gasteiger partial charge on any atom is 0.255 e. The zero-order valence-corrected chi connectivity index (χ0v) is 18.4. The normalized spacial score (nSPS) is 11.3. The molecule has 0 bridgehead atoms. The van der Waals surface area contributed by atoms with Gasteiger partial charge in [-0.3, -0.25) is 9.59 Å². The average molecular weight is 437 g/mol. The molecule has 0 saturated carbocycles. The molecule has 0 aliphatic heterocycles. The van der Waals surface area contributed by atoms with Gasteiger partial charge in [0.05, 0.1) is 19.5 Å². The van der Waals surface area contributed by atoms with Gasteiger partial charge in [-0.15, -0.1) is 11.8 Å². The van der Waals surface area contributed by atoms with E-state index in [9.17, 15) is 9.59 Å². The summed E-state index contributed by atoms with van der Waals surface area (Å²) in [4.78, 5) is 25.9. The van der Waals surface area contributed by atoms with Crippen LogP contribution in [0.1, 0.15) is 17.3 Å². The number of rotatable bonds is 8. The van der Waals surface area contributed by atoms with Crippen LogP contribution in [0.4, 0.5) is 11.4 Å². The van der Waals surface area contributed by atoms with Crippen molar-refractivity contribution in [3.63, 3.8) is 0 Å². The van der Waals surface area contributed by atoms with Crippen LogP contribution in [-0.4, -0.2) is 31.3 Å². The Kier molecular flexibility index (Phi) is 7.56. The Morgan fingerprint density at radius 1 is 0.806 bits per heavy atom. The molecule has 1 atom stereocenters. The first kappa shape index (κ1) is 22.2. The molecule has 0 spiro atoms. The van der Waals surface area contributed by atoms with Crippen molar-refractivity contribution in [2.24, 2.45) is 0 Å². The SMILES string of the molecule is COc1ccc(C(=O)Nc2cccc(SC(C)C(=O)Nc3cccc(OC)c3)c2)cc1. The van der Waals surface area contributed by atoms with Crippen molar-refractivity contribution < 1.29 is 19.1 Å². The minimum Gasteiger partial charge on any atom is -0.497 e. The van der Waals surface area contributed by atoms with E-state index in [4.69, 9.17) is 9.47 Å². The number of nitrogens with one attached hydrogen (secondary N) is 2. The van der Waals surface area contributed by atoms with Crippen molar-refractivity contribution in [2.45, 2.75) is 17.1 Å². The van der Waals surface area contributed by atoms with E-state index in [2.05, 4.69) is 10.6 Å². The molecule has 2 N–H and O–H groups in total. The molecule has 160 valence electrons. The zero-order valence-electron chi connectivity index (χ0n) is 17.5. The molecular formula is C24H24N2O4S. The first-order valence-electron chi connectivity index (χ1n) is 9.65. The number of carbonyl (C=O) groups excluding carboxylic acids is 2. The molecule has 3 aromatic carbocycles. The maximum absolute atomic E-state index is 12.6. The number of hydrogen-bond acceptors (Lipinski definition) is 5. The zero-order chi connectivity index (χ0) is 22.2. The van der Waals surface area contributed by atoms with Gasteiger partial charge in [-0.1, -0.05) is 12.1 Å². The molecule has 0 aliphatic carbocycles. The van der Waals surface area contributed by atoms with E-state index in [1.54, 1.807) is 44.6 Å². The van der Waals surface area contributed by atoms with E-state index in [-0.39, 0.29) is 17.1 Å². The fourth-order valence-electron chi connectivity index (χ4n) is 2.80. The Labute approximate surface area is 186 Å². The summed E-state index contributed by atoms with van der Waals surface area (Å²) in [6.45, 7) is 1.84. The molecule has 1 unspecified atom stereocenters. The minimum absolute atomic E-state index is 0.120. The summed E-state index contributed by atoms with van der Waals surface area (Å²) in [5.74, 6) is 1.04. The first-order valence-corrected chi connectivity index (χ1v) is 10.5. The number of thioether (sulfide) groups is 1. The largest absolute Gasteiger partial charge is 0.497 e. The van der Waals surface area contributed by atoms with Crippen LogP contribution in [-0.2, 0) is 4.79 Å². The summed E-state index contributed by atoms with van der Waals surface area (Å²) < 4.78 is 10.3. The van der Waals surface area contributed by atoms with E-state index in [1.807, 2.05) is 49.4 Å². The Morgan fingerprint density at radius 3 is 2.13 bits per heavy atom. The standard InChI is InChI=1S/C24H24N2O4S/c1-16(23(27)25-18-6-4-8-21(14-18)30-3)31-22-9-5-7-19(15-22)26-24(28)17-10-12-20(29-2)13-11-17/h4-16H,1-3H3,(H,25,27)(H,26,28). The number of carbonyl (C=O) groups is 2. The number of benzene rings is 3. The summed E-state index contributed by atoms with van der Waals surface area (Å²) in [6, 6.07) is 21.5. The lowest BCUT2D eigenvalue weighted by Crippen LogP contribution is -2.22. The van der Waals surface area contributed by atoms with Crippen LogP contribution >= 0.6 is 11.8 Å². The van der Waals surface area contributed by atoms with E-state index in [0.29, 0.717) is 28.4 Å². The lowest BCUT2D eigenvalue weighted by molar-refractivity contribution is -0.115. The molecule has 31 heavy (non-hydrogen) atoms. The lowest BCUT2D eigenvalue weighted by atomic mass is 10.2. The van der Waals surface area contributed by atoms with Crippen molar-refractivity contribution in [1.29, 1.82) is 0 Å². The summed E-state index contributed by atoms with van der Waals surface area (Å²) in [6.07, 6.45) is 0. The molecule has 0 fully saturated rings. The quantitative estimate of drug-likeness (QED) is 0.482. The van der Waals surface area contributed by atoms with Crippen molar-refractivity contribution >= 4 is 35.0 Å². The molecule has 0 heterocycles. The van der Waals surface area contributed by atoms with Crippen LogP contribution in [0.15, 0.2) is 77.7 Å².